The lowest BCUT2D eigenvalue weighted by Gasteiger charge is -2.17. The van der Waals surface area contributed by atoms with Crippen molar-refractivity contribution in [2.24, 2.45) is 4.99 Å². The Morgan fingerprint density at radius 1 is 1.58 bits per heavy atom. The molecule has 0 rings (SSSR count). The number of amides is 1. The maximum Gasteiger partial charge on any atom is 0.224 e. The number of hydrogen-bond acceptors (Lipinski definition) is 2. The summed E-state index contributed by atoms with van der Waals surface area (Å²) in [7, 11) is 0. The van der Waals surface area contributed by atoms with Gasteiger partial charge < -0.3 is 0 Å². The third kappa shape index (κ3) is 3.32. The van der Waals surface area contributed by atoms with Crippen molar-refractivity contribution in [2.75, 3.05) is 6.54 Å². The van der Waals surface area contributed by atoms with Crippen LogP contribution in [0, 0.1) is 0 Å². The first kappa shape index (κ1) is 10.9. The predicted molar refractivity (Wildman–Crippen MR) is 51.0 cm³/mol. The predicted octanol–water partition coefficient (Wildman–Crippen LogP) is 1.81. The highest BCUT2D eigenvalue weighted by Gasteiger charge is 2.07. The van der Waals surface area contributed by atoms with Crippen LogP contribution in [0.15, 0.2) is 17.4 Å². The van der Waals surface area contributed by atoms with Crippen molar-refractivity contribution in [3.8, 4) is 0 Å². The van der Waals surface area contributed by atoms with E-state index in [1.807, 2.05) is 13.8 Å². The van der Waals surface area contributed by atoms with Gasteiger partial charge in [-0.1, -0.05) is 13.5 Å². The van der Waals surface area contributed by atoms with E-state index >= 15 is 0 Å². The normalized spacial score (nSPS) is 10.2. The van der Waals surface area contributed by atoms with Gasteiger partial charge in [-0.25, -0.2) is 4.99 Å². The molecular formula is C9H16N2O. The Morgan fingerprint density at radius 3 is 2.50 bits per heavy atom. The van der Waals surface area contributed by atoms with Crippen LogP contribution in [-0.2, 0) is 4.79 Å². The Morgan fingerprint density at radius 2 is 2.17 bits per heavy atom. The van der Waals surface area contributed by atoms with Gasteiger partial charge >= 0.3 is 0 Å². The van der Waals surface area contributed by atoms with Crippen LogP contribution in [0.3, 0.4) is 0 Å². The minimum absolute atomic E-state index is 0.0178. The molecule has 0 bridgehead atoms. The lowest BCUT2D eigenvalue weighted by molar-refractivity contribution is -0.126. The maximum atomic E-state index is 11.0. The fraction of sp³-hybridized carbons (Fsp3) is 0.556. The first-order valence-electron chi connectivity index (χ1n) is 4.13. The minimum atomic E-state index is -0.0178. The van der Waals surface area contributed by atoms with Crippen molar-refractivity contribution in [3.05, 3.63) is 12.4 Å². The highest BCUT2D eigenvalue weighted by atomic mass is 16.2. The molecule has 0 heterocycles. The largest absolute Gasteiger partial charge is 0.298 e. The molecule has 3 heteroatoms. The second-order valence-electron chi connectivity index (χ2n) is 2.40. The number of aliphatic imine (C=N–C) groups is 1. The molecule has 0 unspecified atom stereocenters. The quantitative estimate of drug-likeness (QED) is 0.589. The van der Waals surface area contributed by atoms with Crippen LogP contribution in [0.4, 0.5) is 0 Å². The van der Waals surface area contributed by atoms with Gasteiger partial charge in [0.2, 0.25) is 5.91 Å². The Balaban J connectivity index is 4.22. The van der Waals surface area contributed by atoms with Crippen LogP contribution < -0.4 is 0 Å². The van der Waals surface area contributed by atoms with Crippen molar-refractivity contribution < 1.29 is 4.79 Å². The van der Waals surface area contributed by atoms with Crippen molar-refractivity contribution in [1.82, 2.24) is 4.90 Å². The van der Waals surface area contributed by atoms with Crippen LogP contribution >= 0.6 is 0 Å². The van der Waals surface area contributed by atoms with Crippen LogP contribution in [0.2, 0.25) is 0 Å². The Bertz CT molecular complexity index is 197. The van der Waals surface area contributed by atoms with Crippen LogP contribution in [-0.4, -0.2) is 23.6 Å². The summed E-state index contributed by atoms with van der Waals surface area (Å²) < 4.78 is 0. The zero-order valence-corrected chi connectivity index (χ0v) is 8.00. The van der Waals surface area contributed by atoms with E-state index in [9.17, 15) is 4.79 Å². The topological polar surface area (TPSA) is 32.7 Å². The number of carbonyl (C=O) groups excluding carboxylic acids is 1. The first-order chi connectivity index (χ1) is 5.63. The zero-order chi connectivity index (χ0) is 9.56. The van der Waals surface area contributed by atoms with Crippen molar-refractivity contribution in [2.45, 2.75) is 27.2 Å². The number of carbonyl (C=O) groups is 1. The lowest BCUT2D eigenvalue weighted by Crippen LogP contribution is -2.26. The third-order valence-corrected chi connectivity index (χ3v) is 1.43. The molecule has 0 fully saturated rings. The SMILES string of the molecule is C=C(N=CCC)N(CC)C(C)=O. The van der Waals surface area contributed by atoms with Crippen molar-refractivity contribution in [3.63, 3.8) is 0 Å². The van der Waals surface area contributed by atoms with Crippen molar-refractivity contribution >= 4 is 12.1 Å². The van der Waals surface area contributed by atoms with Crippen LogP contribution in [0.5, 0.6) is 0 Å². The zero-order valence-electron chi connectivity index (χ0n) is 8.00. The molecule has 12 heavy (non-hydrogen) atoms. The summed E-state index contributed by atoms with van der Waals surface area (Å²) >= 11 is 0. The maximum absolute atomic E-state index is 11.0. The van der Waals surface area contributed by atoms with Gasteiger partial charge in [-0.05, 0) is 13.3 Å². The molecule has 1 amide bonds. The minimum Gasteiger partial charge on any atom is -0.298 e. The van der Waals surface area contributed by atoms with Gasteiger partial charge in [-0.15, -0.1) is 0 Å². The Hall–Kier alpha value is -1.12. The van der Waals surface area contributed by atoms with E-state index in [-0.39, 0.29) is 5.91 Å². The van der Waals surface area contributed by atoms with Gasteiger partial charge in [0.1, 0.15) is 5.82 Å². The van der Waals surface area contributed by atoms with Crippen LogP contribution in [0.25, 0.3) is 0 Å². The van der Waals surface area contributed by atoms with E-state index in [4.69, 9.17) is 0 Å². The molecule has 0 aliphatic heterocycles. The second-order valence-corrected chi connectivity index (χ2v) is 2.40. The van der Waals surface area contributed by atoms with E-state index in [2.05, 4.69) is 11.6 Å². The summed E-state index contributed by atoms with van der Waals surface area (Å²) in [5.41, 5.74) is 0. The smallest absolute Gasteiger partial charge is 0.224 e. The van der Waals surface area contributed by atoms with Crippen LogP contribution in [0.1, 0.15) is 27.2 Å². The van der Waals surface area contributed by atoms with E-state index in [1.54, 1.807) is 6.21 Å². The average Bonchev–Trinajstić information content (AvgIpc) is 2.01. The van der Waals surface area contributed by atoms with E-state index in [1.165, 1.54) is 11.8 Å². The highest BCUT2D eigenvalue weighted by Crippen LogP contribution is 2.02. The Kier molecular flexibility index (Phi) is 5.00. The van der Waals surface area contributed by atoms with E-state index in [0.29, 0.717) is 12.4 Å². The number of hydrogen-bond donors (Lipinski definition) is 0. The molecular weight excluding hydrogens is 152 g/mol. The summed E-state index contributed by atoms with van der Waals surface area (Å²) in [6.07, 6.45) is 2.60. The molecule has 0 atom stereocenters. The highest BCUT2D eigenvalue weighted by molar-refractivity contribution is 5.75. The fourth-order valence-electron chi connectivity index (χ4n) is 0.853. The fourth-order valence-corrected chi connectivity index (χ4v) is 0.853. The summed E-state index contributed by atoms with van der Waals surface area (Å²) in [5.74, 6) is 0.502. The summed E-state index contributed by atoms with van der Waals surface area (Å²) in [6, 6.07) is 0. The lowest BCUT2D eigenvalue weighted by atomic mass is 10.5. The van der Waals surface area contributed by atoms with Gasteiger partial charge in [0, 0.05) is 19.7 Å². The third-order valence-electron chi connectivity index (χ3n) is 1.43. The summed E-state index contributed by atoms with van der Waals surface area (Å²) in [4.78, 5) is 16.5. The molecule has 3 nitrogen and oxygen atoms in total. The van der Waals surface area contributed by atoms with E-state index < -0.39 is 0 Å². The molecule has 0 spiro atoms. The summed E-state index contributed by atoms with van der Waals surface area (Å²) in [5, 5.41) is 0. The second kappa shape index (κ2) is 5.52. The van der Waals surface area contributed by atoms with Gasteiger partial charge in [0.15, 0.2) is 0 Å². The molecule has 0 saturated heterocycles. The monoisotopic (exact) mass is 168 g/mol. The molecule has 0 aromatic heterocycles. The first-order valence-corrected chi connectivity index (χ1v) is 4.13. The van der Waals surface area contributed by atoms with Gasteiger partial charge in [0.05, 0.1) is 0 Å². The number of nitrogens with zero attached hydrogens (tertiary/aromatic N) is 2. The summed E-state index contributed by atoms with van der Waals surface area (Å²) in [6.45, 7) is 9.71. The van der Waals surface area contributed by atoms with Crippen molar-refractivity contribution in [1.29, 1.82) is 0 Å². The van der Waals surface area contributed by atoms with Gasteiger partial charge in [-0.2, -0.15) is 0 Å². The number of rotatable bonds is 4. The molecule has 0 saturated carbocycles. The average molecular weight is 168 g/mol. The molecule has 0 N–H and O–H groups in total. The standard InChI is InChI=1S/C9H16N2O/c1-5-7-10-8(3)11(6-2)9(4)12/h7H,3,5-6H2,1-2,4H3. The van der Waals surface area contributed by atoms with Gasteiger partial charge in [0.25, 0.3) is 0 Å². The Labute approximate surface area is 73.8 Å². The molecule has 0 aliphatic carbocycles. The molecule has 68 valence electrons. The molecule has 0 aromatic carbocycles. The van der Waals surface area contributed by atoms with E-state index in [0.717, 1.165) is 6.42 Å². The molecule has 0 radical (unpaired) electrons. The van der Waals surface area contributed by atoms with Gasteiger partial charge in [-0.3, -0.25) is 9.69 Å². The molecule has 0 aliphatic rings. The molecule has 0 aromatic rings.